The molecule has 2 rings (SSSR count). The Kier molecular flexibility index (Phi) is 13.7. The van der Waals surface area contributed by atoms with Crippen LogP contribution in [0.2, 0.25) is 0 Å². The van der Waals surface area contributed by atoms with Crippen molar-refractivity contribution in [2.75, 3.05) is 66.7 Å². The topological polar surface area (TPSA) is 49.3 Å². The molecule has 7 heteroatoms. The number of ether oxygens (including phenoxy) is 2. The van der Waals surface area contributed by atoms with Crippen LogP contribution in [0.25, 0.3) is 0 Å². The van der Waals surface area contributed by atoms with E-state index in [2.05, 4.69) is 34.0 Å². The SMILES string of the molecule is CCC(CC)C(CNC(=NC)N1CCC(COCCOC)C1)N1CCCC1.I. The Labute approximate surface area is 189 Å². The normalized spacial score (nSPS) is 22.0. The van der Waals surface area contributed by atoms with Crippen molar-refractivity contribution in [1.82, 2.24) is 15.1 Å². The minimum atomic E-state index is 0. The minimum Gasteiger partial charge on any atom is -0.382 e. The van der Waals surface area contributed by atoms with Gasteiger partial charge in [0, 0.05) is 45.8 Å². The van der Waals surface area contributed by atoms with Crippen molar-refractivity contribution in [3.63, 3.8) is 0 Å². The number of hydrogen-bond donors (Lipinski definition) is 1. The summed E-state index contributed by atoms with van der Waals surface area (Å²) >= 11 is 0. The van der Waals surface area contributed by atoms with E-state index in [4.69, 9.17) is 9.47 Å². The third kappa shape index (κ3) is 7.95. The molecule has 0 amide bonds. The molecule has 2 unspecified atom stereocenters. The number of methoxy groups -OCH3 is 1. The zero-order valence-electron chi connectivity index (χ0n) is 18.5. The maximum Gasteiger partial charge on any atom is 0.193 e. The smallest absolute Gasteiger partial charge is 0.193 e. The van der Waals surface area contributed by atoms with E-state index in [-0.39, 0.29) is 24.0 Å². The third-order valence-corrected chi connectivity index (χ3v) is 6.25. The van der Waals surface area contributed by atoms with Gasteiger partial charge in [0.2, 0.25) is 0 Å². The molecular weight excluding hydrogens is 467 g/mol. The van der Waals surface area contributed by atoms with Gasteiger partial charge in [-0.15, -0.1) is 24.0 Å². The average molecular weight is 511 g/mol. The van der Waals surface area contributed by atoms with Crippen molar-refractivity contribution in [1.29, 1.82) is 0 Å². The zero-order valence-corrected chi connectivity index (χ0v) is 20.8. The standard InChI is InChI=1S/C21H42N4O2.HI/c1-5-19(6-2)20(24-10-7-8-11-24)15-23-21(22-3)25-12-9-18(16-25)17-27-14-13-26-4;/h18-20H,5-17H2,1-4H3,(H,22,23);1H. The molecule has 0 aromatic heterocycles. The van der Waals surface area contributed by atoms with Crippen LogP contribution in [0.4, 0.5) is 0 Å². The monoisotopic (exact) mass is 510 g/mol. The number of nitrogens with zero attached hydrogens (tertiary/aromatic N) is 3. The van der Waals surface area contributed by atoms with E-state index in [0.717, 1.165) is 38.1 Å². The van der Waals surface area contributed by atoms with Crippen molar-refractivity contribution in [2.24, 2.45) is 16.8 Å². The van der Waals surface area contributed by atoms with Crippen molar-refractivity contribution in [3.8, 4) is 0 Å². The molecule has 166 valence electrons. The first-order chi connectivity index (χ1) is 13.2. The fourth-order valence-electron chi connectivity index (χ4n) is 4.58. The first-order valence-corrected chi connectivity index (χ1v) is 11.0. The second-order valence-electron chi connectivity index (χ2n) is 7.98. The first-order valence-electron chi connectivity index (χ1n) is 11.0. The Balaban J connectivity index is 0.00000392. The number of rotatable bonds is 11. The molecule has 0 bridgehead atoms. The summed E-state index contributed by atoms with van der Waals surface area (Å²) < 4.78 is 10.8. The Morgan fingerprint density at radius 1 is 1.14 bits per heavy atom. The fourth-order valence-corrected chi connectivity index (χ4v) is 4.58. The lowest BCUT2D eigenvalue weighted by atomic mass is 9.93. The van der Waals surface area contributed by atoms with E-state index in [0.29, 0.717) is 25.2 Å². The lowest BCUT2D eigenvalue weighted by molar-refractivity contribution is 0.0536. The second-order valence-corrected chi connectivity index (χ2v) is 7.98. The Hall–Kier alpha value is -0.120. The minimum absolute atomic E-state index is 0. The fraction of sp³-hybridized carbons (Fsp3) is 0.952. The third-order valence-electron chi connectivity index (χ3n) is 6.25. The maximum absolute atomic E-state index is 5.73. The Bertz CT molecular complexity index is 427. The van der Waals surface area contributed by atoms with Gasteiger partial charge in [0.15, 0.2) is 5.96 Å². The molecule has 6 nitrogen and oxygen atoms in total. The van der Waals surface area contributed by atoms with Gasteiger partial charge < -0.3 is 19.7 Å². The highest BCUT2D eigenvalue weighted by molar-refractivity contribution is 14.0. The van der Waals surface area contributed by atoms with Gasteiger partial charge in [-0.1, -0.05) is 26.7 Å². The van der Waals surface area contributed by atoms with Gasteiger partial charge in [0.25, 0.3) is 0 Å². The Morgan fingerprint density at radius 2 is 1.86 bits per heavy atom. The molecule has 0 aromatic carbocycles. The van der Waals surface area contributed by atoms with E-state index < -0.39 is 0 Å². The van der Waals surface area contributed by atoms with Crippen molar-refractivity contribution < 1.29 is 9.47 Å². The molecule has 2 fully saturated rings. The van der Waals surface area contributed by atoms with Crippen LogP contribution in [0.1, 0.15) is 46.0 Å². The molecule has 0 radical (unpaired) electrons. The van der Waals surface area contributed by atoms with Crippen LogP contribution in [-0.4, -0.2) is 88.5 Å². The molecule has 2 heterocycles. The average Bonchev–Trinajstić information content (AvgIpc) is 3.37. The molecule has 2 saturated heterocycles. The van der Waals surface area contributed by atoms with Crippen molar-refractivity contribution in [2.45, 2.75) is 52.0 Å². The maximum atomic E-state index is 5.73. The van der Waals surface area contributed by atoms with Gasteiger partial charge in [-0.05, 0) is 38.3 Å². The molecule has 2 aliphatic rings. The van der Waals surface area contributed by atoms with Crippen LogP contribution in [0.3, 0.4) is 0 Å². The van der Waals surface area contributed by atoms with Gasteiger partial charge in [-0.2, -0.15) is 0 Å². The van der Waals surface area contributed by atoms with Crippen molar-refractivity contribution >= 4 is 29.9 Å². The van der Waals surface area contributed by atoms with Gasteiger partial charge in [0.05, 0.1) is 19.8 Å². The Morgan fingerprint density at radius 3 is 2.46 bits per heavy atom. The molecule has 0 aliphatic carbocycles. The molecule has 0 spiro atoms. The second kappa shape index (κ2) is 14.8. The quantitative estimate of drug-likeness (QED) is 0.201. The highest BCUT2D eigenvalue weighted by atomic mass is 127. The molecule has 0 saturated carbocycles. The van der Waals surface area contributed by atoms with E-state index >= 15 is 0 Å². The summed E-state index contributed by atoms with van der Waals surface area (Å²) in [5, 5.41) is 3.71. The molecule has 1 N–H and O–H groups in total. The van der Waals surface area contributed by atoms with Crippen LogP contribution in [0.5, 0.6) is 0 Å². The lowest BCUT2D eigenvalue weighted by Crippen LogP contribution is -2.50. The lowest BCUT2D eigenvalue weighted by Gasteiger charge is -2.35. The number of nitrogens with one attached hydrogen (secondary N) is 1. The van der Waals surface area contributed by atoms with E-state index in [1.165, 1.54) is 45.2 Å². The number of likely N-dealkylation sites (tertiary alicyclic amines) is 2. The predicted molar refractivity (Wildman–Crippen MR) is 128 cm³/mol. The summed E-state index contributed by atoms with van der Waals surface area (Å²) in [6.45, 7) is 12.5. The van der Waals surface area contributed by atoms with E-state index in [1.807, 2.05) is 7.05 Å². The highest BCUT2D eigenvalue weighted by Gasteiger charge is 2.29. The summed E-state index contributed by atoms with van der Waals surface area (Å²) in [5.74, 6) is 2.41. The summed E-state index contributed by atoms with van der Waals surface area (Å²) in [6.07, 6.45) is 6.38. The zero-order chi connectivity index (χ0) is 19.5. The van der Waals surface area contributed by atoms with Gasteiger partial charge in [-0.25, -0.2) is 0 Å². The molecule has 2 atom stereocenters. The number of halogens is 1. The van der Waals surface area contributed by atoms with Gasteiger partial charge in [-0.3, -0.25) is 9.89 Å². The van der Waals surface area contributed by atoms with Gasteiger partial charge >= 0.3 is 0 Å². The number of aliphatic imine (C=N–C) groups is 1. The largest absolute Gasteiger partial charge is 0.382 e. The van der Waals surface area contributed by atoms with Crippen molar-refractivity contribution in [3.05, 3.63) is 0 Å². The van der Waals surface area contributed by atoms with Crippen LogP contribution >= 0.6 is 24.0 Å². The summed E-state index contributed by atoms with van der Waals surface area (Å²) in [5.41, 5.74) is 0. The number of hydrogen-bond acceptors (Lipinski definition) is 4. The molecule has 0 aromatic rings. The van der Waals surface area contributed by atoms with E-state index in [1.54, 1.807) is 7.11 Å². The summed E-state index contributed by atoms with van der Waals surface area (Å²) in [6, 6.07) is 0.620. The van der Waals surface area contributed by atoms with E-state index in [9.17, 15) is 0 Å². The summed E-state index contributed by atoms with van der Waals surface area (Å²) in [7, 11) is 3.63. The van der Waals surface area contributed by atoms with Gasteiger partial charge in [0.1, 0.15) is 0 Å². The summed E-state index contributed by atoms with van der Waals surface area (Å²) in [4.78, 5) is 9.68. The van der Waals surface area contributed by atoms with Crippen LogP contribution in [-0.2, 0) is 9.47 Å². The predicted octanol–water partition coefficient (Wildman–Crippen LogP) is 3.07. The van der Waals surface area contributed by atoms with Crippen LogP contribution in [0.15, 0.2) is 4.99 Å². The molecular formula is C21H43IN4O2. The highest BCUT2D eigenvalue weighted by Crippen LogP contribution is 2.23. The number of guanidine groups is 1. The van der Waals surface area contributed by atoms with Crippen LogP contribution in [0, 0.1) is 11.8 Å². The molecule has 28 heavy (non-hydrogen) atoms. The van der Waals surface area contributed by atoms with Crippen LogP contribution < -0.4 is 5.32 Å². The molecule has 2 aliphatic heterocycles. The first kappa shape index (κ1) is 25.9.